The molecule has 0 heterocycles. The summed E-state index contributed by atoms with van der Waals surface area (Å²) < 4.78 is 5.73. The number of anilines is 1. The molecule has 0 unspecified atom stereocenters. The van der Waals surface area contributed by atoms with E-state index < -0.39 is 6.10 Å². The van der Waals surface area contributed by atoms with Gasteiger partial charge in [0.25, 0.3) is 5.91 Å². The first kappa shape index (κ1) is 16.4. The second-order valence-corrected chi connectivity index (χ2v) is 5.81. The van der Waals surface area contributed by atoms with Crippen LogP contribution >= 0.6 is 11.6 Å². The van der Waals surface area contributed by atoms with E-state index in [1.165, 1.54) is 0 Å². The summed E-state index contributed by atoms with van der Waals surface area (Å²) in [5.41, 5.74) is 3.68. The number of hydrogen-bond donors (Lipinski definition) is 1. The number of benzene rings is 2. The minimum absolute atomic E-state index is 0.181. The van der Waals surface area contributed by atoms with Crippen LogP contribution in [-0.2, 0) is 4.79 Å². The number of halogens is 1. The molecule has 0 fully saturated rings. The highest BCUT2D eigenvalue weighted by Gasteiger charge is 2.16. The number of ether oxygens (including phenoxy) is 1. The molecule has 0 bridgehead atoms. The molecule has 1 amide bonds. The van der Waals surface area contributed by atoms with Crippen molar-refractivity contribution < 1.29 is 9.53 Å². The first-order valence-electron chi connectivity index (χ1n) is 7.18. The highest BCUT2D eigenvalue weighted by Crippen LogP contribution is 2.26. The van der Waals surface area contributed by atoms with Gasteiger partial charge < -0.3 is 10.1 Å². The van der Waals surface area contributed by atoms with Crippen LogP contribution in [0.2, 0.25) is 5.02 Å². The van der Waals surface area contributed by atoms with E-state index in [2.05, 4.69) is 5.32 Å². The van der Waals surface area contributed by atoms with Gasteiger partial charge in [-0.15, -0.1) is 0 Å². The van der Waals surface area contributed by atoms with Gasteiger partial charge in [-0.3, -0.25) is 4.79 Å². The first-order valence-corrected chi connectivity index (χ1v) is 7.56. The van der Waals surface area contributed by atoms with Crippen LogP contribution in [0.4, 0.5) is 5.69 Å². The number of carbonyl (C=O) groups is 1. The lowest BCUT2D eigenvalue weighted by molar-refractivity contribution is -0.122. The standard InChI is InChI=1S/C18H20ClNO2/c1-11-7-5-6-8-16(11)20-18(21)14(4)22-15-9-12(2)17(19)13(3)10-15/h5-10,14H,1-4H3,(H,20,21)/t14-/m1/s1. The number of carbonyl (C=O) groups excluding carboxylic acids is 1. The summed E-state index contributed by atoms with van der Waals surface area (Å²) in [7, 11) is 0. The predicted octanol–water partition coefficient (Wildman–Crippen LogP) is 4.67. The van der Waals surface area contributed by atoms with E-state index in [0.29, 0.717) is 5.75 Å². The number of para-hydroxylation sites is 1. The van der Waals surface area contributed by atoms with Gasteiger partial charge in [0.1, 0.15) is 5.75 Å². The first-order chi connectivity index (χ1) is 10.4. The third-order valence-electron chi connectivity index (χ3n) is 3.49. The average molecular weight is 318 g/mol. The Hall–Kier alpha value is -2.00. The lowest BCUT2D eigenvalue weighted by Gasteiger charge is -2.17. The number of amides is 1. The molecule has 0 aliphatic heterocycles. The molecule has 22 heavy (non-hydrogen) atoms. The Bertz CT molecular complexity index is 674. The minimum atomic E-state index is -0.598. The second-order valence-electron chi connectivity index (χ2n) is 5.44. The Morgan fingerprint density at radius 1 is 1.09 bits per heavy atom. The number of rotatable bonds is 4. The van der Waals surface area contributed by atoms with E-state index in [1.807, 2.05) is 57.2 Å². The molecule has 0 aromatic heterocycles. The molecule has 0 aliphatic rings. The van der Waals surface area contributed by atoms with Gasteiger partial charge in [0.2, 0.25) is 0 Å². The van der Waals surface area contributed by atoms with Crippen molar-refractivity contribution in [1.82, 2.24) is 0 Å². The molecule has 0 saturated heterocycles. The van der Waals surface area contributed by atoms with Crippen LogP contribution in [-0.4, -0.2) is 12.0 Å². The highest BCUT2D eigenvalue weighted by atomic mass is 35.5. The third kappa shape index (κ3) is 3.80. The van der Waals surface area contributed by atoms with E-state index in [4.69, 9.17) is 16.3 Å². The summed E-state index contributed by atoms with van der Waals surface area (Å²) in [6.45, 7) is 7.51. The van der Waals surface area contributed by atoms with E-state index >= 15 is 0 Å². The van der Waals surface area contributed by atoms with Gasteiger partial charge in [-0.25, -0.2) is 0 Å². The fourth-order valence-corrected chi connectivity index (χ4v) is 2.29. The molecule has 3 nitrogen and oxygen atoms in total. The van der Waals surface area contributed by atoms with Crippen LogP contribution in [0.5, 0.6) is 5.75 Å². The van der Waals surface area contributed by atoms with E-state index in [1.54, 1.807) is 6.92 Å². The van der Waals surface area contributed by atoms with Gasteiger partial charge in [0, 0.05) is 10.7 Å². The largest absolute Gasteiger partial charge is 0.481 e. The fraction of sp³-hybridized carbons (Fsp3) is 0.278. The maximum atomic E-state index is 12.2. The molecule has 116 valence electrons. The van der Waals surface area contributed by atoms with Crippen molar-refractivity contribution in [2.75, 3.05) is 5.32 Å². The molecule has 0 spiro atoms. The summed E-state index contributed by atoms with van der Waals surface area (Å²) >= 11 is 6.14. The monoisotopic (exact) mass is 317 g/mol. The van der Waals surface area contributed by atoms with Crippen molar-refractivity contribution in [3.8, 4) is 5.75 Å². The Labute approximate surface area is 136 Å². The Kier molecular flexibility index (Phi) is 5.09. The van der Waals surface area contributed by atoms with Gasteiger partial charge in [-0.1, -0.05) is 29.8 Å². The Morgan fingerprint density at radius 2 is 1.68 bits per heavy atom. The van der Waals surface area contributed by atoms with Crippen LogP contribution in [0, 0.1) is 20.8 Å². The molecule has 0 radical (unpaired) electrons. The third-order valence-corrected chi connectivity index (χ3v) is 4.09. The smallest absolute Gasteiger partial charge is 0.265 e. The zero-order valence-corrected chi connectivity index (χ0v) is 14.0. The molecule has 0 saturated carbocycles. The van der Waals surface area contributed by atoms with Gasteiger partial charge in [-0.05, 0) is 62.6 Å². The SMILES string of the molecule is Cc1ccccc1NC(=O)[C@@H](C)Oc1cc(C)c(Cl)c(C)c1. The summed E-state index contributed by atoms with van der Waals surface area (Å²) in [5, 5.41) is 3.61. The Morgan fingerprint density at radius 3 is 2.27 bits per heavy atom. The topological polar surface area (TPSA) is 38.3 Å². The van der Waals surface area contributed by atoms with E-state index in [-0.39, 0.29) is 5.91 Å². The average Bonchev–Trinajstić information content (AvgIpc) is 2.47. The van der Waals surface area contributed by atoms with Crippen molar-refractivity contribution in [1.29, 1.82) is 0 Å². The molecule has 1 atom stereocenters. The highest BCUT2D eigenvalue weighted by molar-refractivity contribution is 6.32. The van der Waals surface area contributed by atoms with Crippen LogP contribution in [0.25, 0.3) is 0 Å². The maximum absolute atomic E-state index is 12.2. The van der Waals surface area contributed by atoms with Crippen molar-refractivity contribution >= 4 is 23.2 Å². The molecule has 2 aromatic carbocycles. The lowest BCUT2D eigenvalue weighted by atomic mass is 10.1. The number of hydrogen-bond acceptors (Lipinski definition) is 2. The summed E-state index contributed by atoms with van der Waals surface area (Å²) in [6, 6.07) is 11.3. The van der Waals surface area contributed by atoms with Crippen LogP contribution < -0.4 is 10.1 Å². The van der Waals surface area contributed by atoms with Crippen LogP contribution in [0.1, 0.15) is 23.6 Å². The number of aryl methyl sites for hydroxylation is 3. The lowest BCUT2D eigenvalue weighted by Crippen LogP contribution is -2.30. The molecular formula is C18H20ClNO2. The van der Waals surface area contributed by atoms with Crippen molar-refractivity contribution in [2.45, 2.75) is 33.8 Å². The van der Waals surface area contributed by atoms with Gasteiger partial charge in [-0.2, -0.15) is 0 Å². The molecule has 1 N–H and O–H groups in total. The van der Waals surface area contributed by atoms with Crippen molar-refractivity contribution in [3.63, 3.8) is 0 Å². The summed E-state index contributed by atoms with van der Waals surface area (Å²) in [6.07, 6.45) is -0.598. The summed E-state index contributed by atoms with van der Waals surface area (Å²) in [5.74, 6) is 0.464. The number of nitrogens with one attached hydrogen (secondary N) is 1. The van der Waals surface area contributed by atoms with Crippen molar-refractivity contribution in [2.24, 2.45) is 0 Å². The van der Waals surface area contributed by atoms with Crippen LogP contribution in [0.3, 0.4) is 0 Å². The quantitative estimate of drug-likeness (QED) is 0.889. The zero-order valence-electron chi connectivity index (χ0n) is 13.2. The molecule has 2 aromatic rings. The molecule has 0 aliphatic carbocycles. The van der Waals surface area contributed by atoms with Gasteiger partial charge in [0.15, 0.2) is 6.10 Å². The fourth-order valence-electron chi connectivity index (χ4n) is 2.18. The van der Waals surface area contributed by atoms with E-state index in [9.17, 15) is 4.79 Å². The maximum Gasteiger partial charge on any atom is 0.265 e. The minimum Gasteiger partial charge on any atom is -0.481 e. The predicted molar refractivity (Wildman–Crippen MR) is 90.8 cm³/mol. The normalized spacial score (nSPS) is 11.9. The van der Waals surface area contributed by atoms with Gasteiger partial charge >= 0.3 is 0 Å². The zero-order chi connectivity index (χ0) is 16.3. The second kappa shape index (κ2) is 6.84. The van der Waals surface area contributed by atoms with Gasteiger partial charge in [0.05, 0.1) is 0 Å². The van der Waals surface area contributed by atoms with Crippen molar-refractivity contribution in [3.05, 3.63) is 58.1 Å². The van der Waals surface area contributed by atoms with Crippen LogP contribution in [0.15, 0.2) is 36.4 Å². The summed E-state index contributed by atoms with van der Waals surface area (Å²) in [4.78, 5) is 12.2. The van der Waals surface area contributed by atoms with E-state index in [0.717, 1.165) is 27.4 Å². The molecule has 4 heteroatoms. The molecule has 2 rings (SSSR count). The Balaban J connectivity index is 2.07. The molecular weight excluding hydrogens is 298 g/mol.